The Morgan fingerprint density at radius 3 is 2.58 bits per heavy atom. The van der Waals surface area contributed by atoms with Crippen LogP contribution in [0.4, 0.5) is 15.8 Å². The van der Waals surface area contributed by atoms with Gasteiger partial charge in [0.25, 0.3) is 0 Å². The summed E-state index contributed by atoms with van der Waals surface area (Å²) in [7, 11) is 0. The van der Waals surface area contributed by atoms with E-state index in [1.807, 2.05) is 24.3 Å². The summed E-state index contributed by atoms with van der Waals surface area (Å²) in [6, 6.07) is 12.5. The van der Waals surface area contributed by atoms with Gasteiger partial charge < -0.3 is 10.6 Å². The predicted octanol–water partition coefficient (Wildman–Crippen LogP) is 4.71. The molecule has 2 aromatic carbocycles. The fourth-order valence-corrected chi connectivity index (χ4v) is 2.18. The first-order chi connectivity index (χ1) is 9.06. The Bertz CT molecular complexity index is 616. The van der Waals surface area contributed by atoms with Crippen LogP contribution in [0.15, 0.2) is 46.9 Å². The highest BCUT2D eigenvalue weighted by Crippen LogP contribution is 2.21. The van der Waals surface area contributed by atoms with Gasteiger partial charge in [-0.15, -0.1) is 0 Å². The Morgan fingerprint density at radius 2 is 1.89 bits per heavy atom. The largest absolute Gasteiger partial charge is 0.332 e. The first kappa shape index (κ1) is 14.0. The molecule has 0 saturated carbocycles. The maximum absolute atomic E-state index is 13.2. The van der Waals surface area contributed by atoms with E-state index < -0.39 is 0 Å². The fourth-order valence-electron chi connectivity index (χ4n) is 1.57. The Morgan fingerprint density at radius 1 is 1.16 bits per heavy atom. The van der Waals surface area contributed by atoms with Gasteiger partial charge in [0.05, 0.1) is 5.69 Å². The Kier molecular flexibility index (Phi) is 4.50. The molecular weight excluding hydrogens is 327 g/mol. The van der Waals surface area contributed by atoms with Crippen LogP contribution in [0.2, 0.25) is 0 Å². The van der Waals surface area contributed by atoms with E-state index in [-0.39, 0.29) is 5.82 Å². The monoisotopic (exact) mass is 338 g/mol. The quantitative estimate of drug-likeness (QED) is 0.775. The predicted molar refractivity (Wildman–Crippen MR) is 85.1 cm³/mol. The van der Waals surface area contributed by atoms with Crippen molar-refractivity contribution in [2.75, 3.05) is 10.6 Å². The third-order valence-corrected chi connectivity index (χ3v) is 3.43. The molecule has 5 heteroatoms. The second kappa shape index (κ2) is 6.12. The van der Waals surface area contributed by atoms with Crippen molar-refractivity contribution in [3.05, 3.63) is 58.3 Å². The number of rotatable bonds is 2. The van der Waals surface area contributed by atoms with Gasteiger partial charge >= 0.3 is 0 Å². The number of aryl methyl sites for hydroxylation is 1. The summed E-state index contributed by atoms with van der Waals surface area (Å²) in [5, 5.41) is 6.55. The van der Waals surface area contributed by atoms with Gasteiger partial charge in [-0.2, -0.15) is 0 Å². The minimum absolute atomic E-state index is 0.227. The lowest BCUT2D eigenvalue weighted by atomic mass is 10.2. The molecule has 0 bridgehead atoms. The molecule has 0 atom stereocenters. The molecular formula is C14H12BrFN2S. The van der Waals surface area contributed by atoms with E-state index in [0.29, 0.717) is 10.7 Å². The maximum atomic E-state index is 13.2. The van der Waals surface area contributed by atoms with Gasteiger partial charge in [0.2, 0.25) is 0 Å². The van der Waals surface area contributed by atoms with Crippen LogP contribution in [-0.4, -0.2) is 5.11 Å². The van der Waals surface area contributed by atoms with Crippen molar-refractivity contribution in [3.63, 3.8) is 0 Å². The van der Waals surface area contributed by atoms with Gasteiger partial charge in [-0.3, -0.25) is 0 Å². The summed E-state index contributed by atoms with van der Waals surface area (Å²) in [5.74, 6) is -0.227. The molecule has 19 heavy (non-hydrogen) atoms. The van der Waals surface area contributed by atoms with Crippen molar-refractivity contribution in [2.45, 2.75) is 6.92 Å². The SMILES string of the molecule is Cc1cc(NC(=S)Nc2ccccc2Br)ccc1F. The van der Waals surface area contributed by atoms with E-state index in [9.17, 15) is 4.39 Å². The number of hydrogen-bond acceptors (Lipinski definition) is 1. The van der Waals surface area contributed by atoms with Crippen LogP contribution in [0.1, 0.15) is 5.56 Å². The number of thiocarbonyl (C=S) groups is 1. The highest BCUT2D eigenvalue weighted by Gasteiger charge is 2.03. The highest BCUT2D eigenvalue weighted by atomic mass is 79.9. The molecule has 0 saturated heterocycles. The number of anilines is 2. The lowest BCUT2D eigenvalue weighted by molar-refractivity contribution is 0.619. The lowest BCUT2D eigenvalue weighted by Gasteiger charge is -2.12. The normalized spacial score (nSPS) is 10.1. The molecule has 0 aliphatic heterocycles. The first-order valence-corrected chi connectivity index (χ1v) is 6.85. The topological polar surface area (TPSA) is 24.1 Å². The fraction of sp³-hybridized carbons (Fsp3) is 0.0714. The zero-order chi connectivity index (χ0) is 13.8. The van der Waals surface area contributed by atoms with Crippen LogP contribution in [0.25, 0.3) is 0 Å². The van der Waals surface area contributed by atoms with Crippen molar-refractivity contribution in [1.82, 2.24) is 0 Å². The van der Waals surface area contributed by atoms with Crippen molar-refractivity contribution < 1.29 is 4.39 Å². The third-order valence-electron chi connectivity index (χ3n) is 2.54. The van der Waals surface area contributed by atoms with Gasteiger partial charge in [-0.25, -0.2) is 4.39 Å². The van der Waals surface area contributed by atoms with Gasteiger partial charge in [-0.05, 0) is 71.0 Å². The number of nitrogens with one attached hydrogen (secondary N) is 2. The standard InChI is InChI=1S/C14H12BrFN2S/c1-9-8-10(6-7-12(9)16)17-14(19)18-13-5-3-2-4-11(13)15/h2-8H,1H3,(H2,17,18,19). The molecule has 0 aromatic heterocycles. The average molecular weight is 339 g/mol. The van der Waals surface area contributed by atoms with Crippen LogP contribution in [0.5, 0.6) is 0 Å². The van der Waals surface area contributed by atoms with Gasteiger partial charge in [-0.1, -0.05) is 12.1 Å². The molecule has 2 aromatic rings. The summed E-state index contributed by atoms with van der Waals surface area (Å²) >= 11 is 8.65. The molecule has 98 valence electrons. The molecule has 0 fully saturated rings. The Labute approximate surface area is 125 Å². The second-order valence-corrected chi connectivity index (χ2v) is 5.29. The molecule has 0 heterocycles. The van der Waals surface area contributed by atoms with Crippen LogP contribution < -0.4 is 10.6 Å². The van der Waals surface area contributed by atoms with E-state index in [2.05, 4.69) is 26.6 Å². The zero-order valence-electron chi connectivity index (χ0n) is 10.2. The van der Waals surface area contributed by atoms with E-state index >= 15 is 0 Å². The van der Waals surface area contributed by atoms with E-state index in [0.717, 1.165) is 15.8 Å². The third kappa shape index (κ3) is 3.75. The molecule has 2 N–H and O–H groups in total. The second-order valence-electron chi connectivity index (χ2n) is 4.02. The zero-order valence-corrected chi connectivity index (χ0v) is 12.6. The average Bonchev–Trinajstić information content (AvgIpc) is 2.37. The molecule has 0 unspecified atom stereocenters. The van der Waals surface area contributed by atoms with Gasteiger partial charge in [0, 0.05) is 10.2 Å². The number of benzene rings is 2. The van der Waals surface area contributed by atoms with Gasteiger partial charge in [0.1, 0.15) is 5.82 Å². The van der Waals surface area contributed by atoms with E-state index in [1.165, 1.54) is 6.07 Å². The Hall–Kier alpha value is -1.46. The molecule has 0 spiro atoms. The highest BCUT2D eigenvalue weighted by molar-refractivity contribution is 9.10. The van der Waals surface area contributed by atoms with E-state index in [4.69, 9.17) is 12.2 Å². The maximum Gasteiger partial charge on any atom is 0.175 e. The molecule has 0 radical (unpaired) electrons. The van der Waals surface area contributed by atoms with Crippen LogP contribution in [0, 0.1) is 12.7 Å². The van der Waals surface area contributed by atoms with Crippen molar-refractivity contribution in [3.8, 4) is 0 Å². The summed E-state index contributed by atoms with van der Waals surface area (Å²) in [6.45, 7) is 1.71. The van der Waals surface area contributed by atoms with Crippen LogP contribution >= 0.6 is 28.1 Å². The number of hydrogen-bond donors (Lipinski definition) is 2. The summed E-state index contributed by atoms with van der Waals surface area (Å²) in [4.78, 5) is 0. The molecule has 0 amide bonds. The van der Waals surface area contributed by atoms with Crippen LogP contribution in [-0.2, 0) is 0 Å². The summed E-state index contributed by atoms with van der Waals surface area (Å²) < 4.78 is 14.1. The molecule has 2 rings (SSSR count). The number of para-hydroxylation sites is 1. The Balaban J connectivity index is 2.05. The van der Waals surface area contributed by atoms with Crippen LogP contribution in [0.3, 0.4) is 0 Å². The summed E-state index contributed by atoms with van der Waals surface area (Å²) in [6.07, 6.45) is 0. The smallest absolute Gasteiger partial charge is 0.175 e. The molecule has 0 aliphatic rings. The minimum atomic E-state index is -0.227. The van der Waals surface area contributed by atoms with Crippen molar-refractivity contribution in [1.29, 1.82) is 0 Å². The molecule has 0 aliphatic carbocycles. The van der Waals surface area contributed by atoms with E-state index in [1.54, 1.807) is 19.1 Å². The first-order valence-electron chi connectivity index (χ1n) is 5.65. The van der Waals surface area contributed by atoms with Gasteiger partial charge in [0.15, 0.2) is 5.11 Å². The minimum Gasteiger partial charge on any atom is -0.332 e. The van der Waals surface area contributed by atoms with Crippen molar-refractivity contribution in [2.24, 2.45) is 0 Å². The molecule has 2 nitrogen and oxygen atoms in total. The summed E-state index contributed by atoms with van der Waals surface area (Å²) in [5.41, 5.74) is 2.20. The number of halogens is 2. The lowest BCUT2D eigenvalue weighted by Crippen LogP contribution is -2.19. The van der Waals surface area contributed by atoms with Crippen molar-refractivity contribution >= 4 is 44.6 Å².